The van der Waals surface area contributed by atoms with Crippen molar-refractivity contribution >= 4 is 50.6 Å². The van der Waals surface area contributed by atoms with E-state index in [0.717, 1.165) is 14.9 Å². The number of ketones is 2. The molecular formula is C28H22BrNO5S. The van der Waals surface area contributed by atoms with Crippen molar-refractivity contribution in [3.05, 3.63) is 85.1 Å². The summed E-state index contributed by atoms with van der Waals surface area (Å²) in [6.45, 7) is 1.87. The summed E-state index contributed by atoms with van der Waals surface area (Å²) >= 11 is 4.96. The van der Waals surface area contributed by atoms with Gasteiger partial charge >= 0.3 is 0 Å². The van der Waals surface area contributed by atoms with Crippen molar-refractivity contribution in [2.45, 2.75) is 32.2 Å². The number of benzene rings is 1. The molecule has 0 saturated carbocycles. The van der Waals surface area contributed by atoms with Crippen LogP contribution < -0.4 is 0 Å². The predicted octanol–water partition coefficient (Wildman–Crippen LogP) is 4.85. The minimum absolute atomic E-state index is 0.0124. The van der Waals surface area contributed by atoms with Gasteiger partial charge in [-0.05, 0) is 61.4 Å². The Kier molecular flexibility index (Phi) is 5.50. The lowest BCUT2D eigenvalue weighted by Gasteiger charge is -2.42. The van der Waals surface area contributed by atoms with Gasteiger partial charge in [0.2, 0.25) is 11.8 Å². The van der Waals surface area contributed by atoms with Crippen molar-refractivity contribution in [3.8, 4) is 5.75 Å². The largest absolute Gasteiger partial charge is 0.508 e. The number of phenolic OH excluding ortho intramolecular Hbond substituents is 1. The van der Waals surface area contributed by atoms with Crippen LogP contribution in [-0.2, 0) is 25.7 Å². The second-order valence-corrected chi connectivity index (χ2v) is 11.7. The molecule has 0 radical (unpaired) electrons. The van der Waals surface area contributed by atoms with E-state index in [2.05, 4.69) is 15.9 Å². The normalized spacial score (nSPS) is 27.6. The first-order valence-electron chi connectivity index (χ1n) is 11.8. The van der Waals surface area contributed by atoms with E-state index in [-0.39, 0.29) is 42.1 Å². The molecule has 8 heteroatoms. The number of imide groups is 1. The maximum Gasteiger partial charge on any atom is 0.234 e. The van der Waals surface area contributed by atoms with Crippen molar-refractivity contribution in [2.24, 2.45) is 17.8 Å². The van der Waals surface area contributed by atoms with E-state index in [1.54, 1.807) is 25.1 Å². The Bertz CT molecular complexity index is 1450. The number of fused-ring (bicyclic) bond motifs is 3. The number of Topliss-reactive ketones (excluding diaryl/α,β-unsaturated/α-hetero) is 1. The fourth-order valence-corrected chi connectivity index (χ4v) is 7.34. The van der Waals surface area contributed by atoms with Gasteiger partial charge < -0.3 is 5.11 Å². The molecule has 36 heavy (non-hydrogen) atoms. The molecule has 2 amide bonds. The Morgan fingerprint density at radius 1 is 1.11 bits per heavy atom. The average molecular weight is 564 g/mol. The van der Waals surface area contributed by atoms with Gasteiger partial charge in [-0.1, -0.05) is 33.6 Å². The number of halogens is 1. The summed E-state index contributed by atoms with van der Waals surface area (Å²) in [6, 6.07) is 8.82. The molecule has 1 aliphatic heterocycles. The summed E-state index contributed by atoms with van der Waals surface area (Å²) in [4.78, 5) is 55.9. The zero-order valence-corrected chi connectivity index (χ0v) is 21.8. The van der Waals surface area contributed by atoms with E-state index in [1.165, 1.54) is 22.3 Å². The quantitative estimate of drug-likeness (QED) is 0.327. The number of likely N-dealkylation sites (tertiary alicyclic amines) is 1. The lowest BCUT2D eigenvalue weighted by Crippen LogP contribution is -2.39. The van der Waals surface area contributed by atoms with Gasteiger partial charge in [-0.2, -0.15) is 0 Å². The molecule has 1 saturated heterocycles. The average Bonchev–Trinajstić information content (AvgIpc) is 3.45. The van der Waals surface area contributed by atoms with Crippen LogP contribution in [0.5, 0.6) is 5.75 Å². The first-order chi connectivity index (χ1) is 17.3. The third kappa shape index (κ3) is 3.42. The predicted molar refractivity (Wildman–Crippen MR) is 137 cm³/mol. The third-order valence-corrected chi connectivity index (χ3v) is 9.20. The van der Waals surface area contributed by atoms with E-state index in [0.29, 0.717) is 28.7 Å². The molecule has 2 aromatic rings. The van der Waals surface area contributed by atoms with Crippen LogP contribution in [0.4, 0.5) is 0 Å². The van der Waals surface area contributed by atoms with Gasteiger partial charge in [0.05, 0.1) is 18.4 Å². The Morgan fingerprint density at radius 3 is 2.67 bits per heavy atom. The van der Waals surface area contributed by atoms with Crippen LogP contribution in [0.15, 0.2) is 74.6 Å². The highest BCUT2D eigenvalue weighted by Crippen LogP contribution is 2.56. The number of allylic oxidation sites excluding steroid dienone is 6. The number of amides is 2. The fraction of sp³-hybridized carbons (Fsp3) is 0.286. The van der Waals surface area contributed by atoms with Crippen LogP contribution in [-0.4, -0.2) is 33.4 Å². The fourth-order valence-electron chi connectivity index (χ4n) is 6.27. The molecule has 0 unspecified atom stereocenters. The highest BCUT2D eigenvalue weighted by atomic mass is 79.9. The number of carbonyl (C=O) groups is 4. The molecule has 6 rings (SSSR count). The van der Waals surface area contributed by atoms with E-state index in [4.69, 9.17) is 0 Å². The molecular weight excluding hydrogens is 542 g/mol. The van der Waals surface area contributed by atoms with Crippen LogP contribution in [0.3, 0.4) is 0 Å². The first kappa shape index (κ1) is 23.3. The van der Waals surface area contributed by atoms with E-state index < -0.39 is 23.7 Å². The standard InChI is InChI=1S/C28H22BrNO5S/c1-13-9-22(32)25-20(26(13)33)11-18-16(23(25)19-10-14(29)4-7-21(19)31)5-6-17-24(18)28(35)30(27(17)34)12-15-3-2-8-36-15/h2-5,7-10,17-18,23-24,31H,6,11-12H2,1H3/t17-,18+,23+,24-/m0/s1. The lowest BCUT2D eigenvalue weighted by molar-refractivity contribution is -0.140. The SMILES string of the molecule is CC1=CC(=O)C2=C(C[C@@H]3C(=CC[C@@H]4C(=O)N(Cc5cccs5)C(=O)[C@@H]43)[C@@H]2c2cc(Br)ccc2O)C1=O. The first-order valence-corrected chi connectivity index (χ1v) is 13.5. The van der Waals surface area contributed by atoms with Crippen molar-refractivity contribution < 1.29 is 24.3 Å². The van der Waals surface area contributed by atoms with Gasteiger partial charge in [-0.15, -0.1) is 11.3 Å². The highest BCUT2D eigenvalue weighted by molar-refractivity contribution is 9.10. The van der Waals surface area contributed by atoms with Crippen LogP contribution in [0.25, 0.3) is 0 Å². The number of hydrogen-bond acceptors (Lipinski definition) is 6. The zero-order valence-electron chi connectivity index (χ0n) is 19.4. The molecule has 4 atom stereocenters. The molecule has 182 valence electrons. The highest BCUT2D eigenvalue weighted by Gasteiger charge is 2.56. The van der Waals surface area contributed by atoms with Crippen molar-refractivity contribution in [2.75, 3.05) is 0 Å². The molecule has 4 aliphatic rings. The molecule has 0 spiro atoms. The maximum absolute atomic E-state index is 13.7. The molecule has 0 bridgehead atoms. The Balaban J connectivity index is 1.48. The molecule has 6 nitrogen and oxygen atoms in total. The van der Waals surface area contributed by atoms with E-state index >= 15 is 0 Å². The number of phenols is 1. The summed E-state index contributed by atoms with van der Waals surface area (Å²) in [6.07, 6.45) is 3.94. The van der Waals surface area contributed by atoms with Gasteiger partial charge in [-0.3, -0.25) is 24.1 Å². The number of aromatic hydroxyl groups is 1. The summed E-state index contributed by atoms with van der Waals surface area (Å²) < 4.78 is 0.726. The molecule has 1 N–H and O–H groups in total. The Hall–Kier alpha value is -3.10. The summed E-state index contributed by atoms with van der Waals surface area (Å²) in [5.74, 6) is -3.01. The molecule has 1 fully saturated rings. The van der Waals surface area contributed by atoms with Crippen LogP contribution >= 0.6 is 27.3 Å². The number of rotatable bonds is 3. The van der Waals surface area contributed by atoms with Gasteiger partial charge in [0, 0.05) is 37.6 Å². The van der Waals surface area contributed by atoms with Gasteiger partial charge in [0.25, 0.3) is 0 Å². The maximum atomic E-state index is 13.7. The second kappa shape index (κ2) is 8.49. The van der Waals surface area contributed by atoms with Crippen molar-refractivity contribution in [1.29, 1.82) is 0 Å². The number of thiophene rings is 1. The molecule has 2 heterocycles. The number of carbonyl (C=O) groups excluding carboxylic acids is 4. The molecule has 1 aromatic carbocycles. The molecule has 3 aliphatic carbocycles. The van der Waals surface area contributed by atoms with Gasteiger partial charge in [-0.25, -0.2) is 0 Å². The van der Waals surface area contributed by atoms with Crippen molar-refractivity contribution in [3.63, 3.8) is 0 Å². The minimum atomic E-state index is -0.660. The minimum Gasteiger partial charge on any atom is -0.508 e. The number of nitrogens with zero attached hydrogens (tertiary/aromatic N) is 1. The second-order valence-electron chi connectivity index (χ2n) is 9.77. The van der Waals surface area contributed by atoms with E-state index in [1.807, 2.05) is 23.6 Å². The summed E-state index contributed by atoms with van der Waals surface area (Å²) in [7, 11) is 0. The summed E-state index contributed by atoms with van der Waals surface area (Å²) in [5.41, 5.74) is 2.46. The molecule has 1 aromatic heterocycles. The van der Waals surface area contributed by atoms with Crippen LogP contribution in [0, 0.1) is 17.8 Å². The monoisotopic (exact) mass is 563 g/mol. The van der Waals surface area contributed by atoms with Crippen molar-refractivity contribution in [1.82, 2.24) is 4.90 Å². The Labute approximate surface area is 220 Å². The Morgan fingerprint density at radius 2 is 1.92 bits per heavy atom. The topological polar surface area (TPSA) is 91.8 Å². The van der Waals surface area contributed by atoms with Gasteiger partial charge in [0.15, 0.2) is 11.6 Å². The van der Waals surface area contributed by atoms with Crippen LogP contribution in [0.1, 0.15) is 36.1 Å². The van der Waals surface area contributed by atoms with E-state index in [9.17, 15) is 24.3 Å². The smallest absolute Gasteiger partial charge is 0.234 e. The third-order valence-electron chi connectivity index (χ3n) is 7.85. The number of hydrogen-bond donors (Lipinski definition) is 1. The zero-order chi connectivity index (χ0) is 25.3. The lowest BCUT2D eigenvalue weighted by atomic mass is 9.59. The van der Waals surface area contributed by atoms with Crippen LogP contribution in [0.2, 0.25) is 0 Å². The van der Waals surface area contributed by atoms with Gasteiger partial charge in [0.1, 0.15) is 5.75 Å². The summed E-state index contributed by atoms with van der Waals surface area (Å²) in [5, 5.41) is 12.7.